The van der Waals surface area contributed by atoms with Gasteiger partial charge in [-0.1, -0.05) is 144 Å². The van der Waals surface area contributed by atoms with E-state index in [0.717, 1.165) is 0 Å². The van der Waals surface area contributed by atoms with Crippen molar-refractivity contribution in [3.05, 3.63) is 0 Å². The van der Waals surface area contributed by atoms with Crippen molar-refractivity contribution < 1.29 is 9.90 Å². The molecule has 0 rings (SSSR count). The number of rotatable bonds is 29. The third-order valence-electron chi connectivity index (χ3n) is 8.44. The summed E-state index contributed by atoms with van der Waals surface area (Å²) in [6.45, 7) is 12.7. The molecule has 0 bridgehead atoms. The fourth-order valence-corrected chi connectivity index (χ4v) is 10.5. The van der Waals surface area contributed by atoms with Crippen molar-refractivity contribution >= 4 is 13.2 Å². The molecule has 0 amide bonds. The molecule has 0 heterocycles. The number of carboxylic acids is 1. The smallest absolute Gasteiger partial charge is 0.305 e. The Morgan fingerprint density at radius 3 is 0.821 bits per heavy atom. The van der Waals surface area contributed by atoms with Gasteiger partial charge in [0.05, 0.1) is 30.6 Å². The molecule has 0 aliphatic rings. The molecule has 0 spiro atoms. The van der Waals surface area contributed by atoms with Gasteiger partial charge in [0, 0.05) is 7.26 Å². The van der Waals surface area contributed by atoms with E-state index in [9.17, 15) is 4.79 Å². The predicted molar refractivity (Wildman–Crippen MR) is 182 cm³/mol. The lowest BCUT2D eigenvalue weighted by atomic mass is 10.1. The topological polar surface area (TPSA) is 37.3 Å². The molecular formula is C36H76O2P+. The van der Waals surface area contributed by atoms with Crippen molar-refractivity contribution in [2.24, 2.45) is 5.92 Å². The van der Waals surface area contributed by atoms with Gasteiger partial charge in [0.2, 0.25) is 0 Å². The quantitative estimate of drug-likeness (QED) is 0.0716. The van der Waals surface area contributed by atoms with Crippen molar-refractivity contribution in [2.45, 2.75) is 196 Å². The zero-order valence-corrected chi connectivity index (χ0v) is 29.1. The van der Waals surface area contributed by atoms with E-state index in [1.54, 1.807) is 64.2 Å². The van der Waals surface area contributed by atoms with Crippen LogP contribution in [-0.4, -0.2) is 35.7 Å². The lowest BCUT2D eigenvalue weighted by Gasteiger charge is -2.28. The summed E-state index contributed by atoms with van der Waals surface area (Å²) in [4.78, 5) is 9.70. The summed E-state index contributed by atoms with van der Waals surface area (Å²) in [6.07, 6.45) is 42.1. The summed E-state index contributed by atoms with van der Waals surface area (Å²) >= 11 is 0. The maximum absolute atomic E-state index is 9.70. The first-order chi connectivity index (χ1) is 18.9. The number of aliphatic carboxylic acids is 1. The minimum Gasteiger partial charge on any atom is -0.481 e. The molecule has 39 heavy (non-hydrogen) atoms. The summed E-state index contributed by atoms with van der Waals surface area (Å²) in [5.41, 5.74) is 0. The van der Waals surface area contributed by atoms with E-state index in [0.29, 0.717) is 0 Å². The second-order valence-electron chi connectivity index (χ2n) is 12.8. The zero-order chi connectivity index (χ0) is 29.5. The highest BCUT2D eigenvalue weighted by atomic mass is 31.2. The van der Waals surface area contributed by atoms with E-state index in [1.807, 2.05) is 0 Å². The fourth-order valence-electron chi connectivity index (χ4n) is 5.58. The number of carboxylic acid groups (broad SMARTS) is 1. The molecule has 0 saturated heterocycles. The lowest BCUT2D eigenvalue weighted by Crippen LogP contribution is -2.13. The highest BCUT2D eigenvalue weighted by Gasteiger charge is 2.34. The average molecular weight is 572 g/mol. The Hall–Kier alpha value is -0.100. The molecule has 0 aromatic heterocycles. The molecule has 0 aromatic rings. The van der Waals surface area contributed by atoms with Crippen LogP contribution in [0, 0.1) is 5.92 Å². The van der Waals surface area contributed by atoms with E-state index in [4.69, 9.17) is 5.11 Å². The van der Waals surface area contributed by atoms with E-state index < -0.39 is 13.2 Å². The maximum atomic E-state index is 9.70. The summed E-state index contributed by atoms with van der Waals surface area (Å²) in [5, 5.41) is 7.99. The van der Waals surface area contributed by atoms with Crippen LogP contribution >= 0.6 is 7.26 Å². The monoisotopic (exact) mass is 572 g/mol. The molecule has 0 unspecified atom stereocenters. The van der Waals surface area contributed by atoms with Gasteiger partial charge >= 0.3 is 5.97 Å². The van der Waals surface area contributed by atoms with Crippen molar-refractivity contribution in [1.82, 2.24) is 0 Å². The van der Waals surface area contributed by atoms with Gasteiger partial charge in [-0.3, -0.25) is 4.79 Å². The highest BCUT2D eigenvalue weighted by molar-refractivity contribution is 7.75. The molecule has 2 nitrogen and oxygen atoms in total. The van der Waals surface area contributed by atoms with Crippen LogP contribution in [0.2, 0.25) is 0 Å². The highest BCUT2D eigenvalue weighted by Crippen LogP contribution is 2.61. The predicted octanol–water partition coefficient (Wildman–Crippen LogP) is 13.2. The van der Waals surface area contributed by atoms with Crippen LogP contribution in [-0.2, 0) is 4.79 Å². The normalized spacial score (nSPS) is 11.6. The van der Waals surface area contributed by atoms with Crippen molar-refractivity contribution in [3.63, 3.8) is 0 Å². The first-order valence-electron chi connectivity index (χ1n) is 18.0. The van der Waals surface area contributed by atoms with Crippen molar-refractivity contribution in [2.75, 3.05) is 24.6 Å². The molecule has 236 valence electrons. The number of hydrogen-bond acceptors (Lipinski definition) is 1. The molecule has 0 aliphatic carbocycles. The summed E-state index contributed by atoms with van der Waals surface area (Å²) < 4.78 is 0. The molecule has 0 saturated carbocycles. The standard InChI is InChI=1S/C32H68P.C4H8O2/c1-5-9-13-17-18-19-20-21-22-23-24-28-32-33(29-25-14-10-6-2,30-26-15-11-7-3)31-27-16-12-8-4;1-3(2)4(5)6/h5-32H2,1-4H3;3H,1-2H3,(H,5,6)/q+1;. The Labute approximate surface area is 249 Å². The van der Waals surface area contributed by atoms with Gasteiger partial charge in [-0.2, -0.15) is 0 Å². The van der Waals surface area contributed by atoms with Gasteiger partial charge in [-0.05, 0) is 51.4 Å². The van der Waals surface area contributed by atoms with Crippen LogP contribution in [0.4, 0.5) is 0 Å². The minimum atomic E-state index is -0.741. The molecule has 0 fully saturated rings. The van der Waals surface area contributed by atoms with Crippen LogP contribution in [0.1, 0.15) is 196 Å². The molecule has 0 atom stereocenters. The van der Waals surface area contributed by atoms with Gasteiger partial charge in [-0.15, -0.1) is 0 Å². The number of hydrogen-bond donors (Lipinski definition) is 1. The minimum absolute atomic E-state index is 0.231. The van der Waals surface area contributed by atoms with Crippen molar-refractivity contribution in [1.29, 1.82) is 0 Å². The third kappa shape index (κ3) is 30.7. The Morgan fingerprint density at radius 2 is 0.615 bits per heavy atom. The van der Waals surface area contributed by atoms with Gasteiger partial charge in [-0.25, -0.2) is 0 Å². The Kier molecular flexibility index (Phi) is 34.1. The second-order valence-corrected chi connectivity index (χ2v) is 17.3. The largest absolute Gasteiger partial charge is 0.481 e. The summed E-state index contributed by atoms with van der Waals surface area (Å²) in [5.74, 6) is -0.972. The fraction of sp³-hybridized carbons (Fsp3) is 0.972. The molecular weight excluding hydrogens is 495 g/mol. The van der Waals surface area contributed by atoms with Gasteiger partial charge in [0.25, 0.3) is 0 Å². The third-order valence-corrected chi connectivity index (χ3v) is 13.5. The lowest BCUT2D eigenvalue weighted by molar-refractivity contribution is -0.140. The number of carbonyl (C=O) groups is 1. The van der Waals surface area contributed by atoms with E-state index in [-0.39, 0.29) is 5.92 Å². The van der Waals surface area contributed by atoms with E-state index >= 15 is 0 Å². The number of unbranched alkanes of at least 4 members (excludes halogenated alkanes) is 20. The van der Waals surface area contributed by atoms with E-state index in [1.165, 1.54) is 128 Å². The molecule has 1 N–H and O–H groups in total. The molecule has 0 aliphatic heterocycles. The van der Waals surface area contributed by atoms with E-state index in [2.05, 4.69) is 27.7 Å². The van der Waals surface area contributed by atoms with Crippen molar-refractivity contribution in [3.8, 4) is 0 Å². The average Bonchev–Trinajstić information content (AvgIpc) is 2.92. The van der Waals surface area contributed by atoms with Crippen LogP contribution in [0.5, 0.6) is 0 Å². The first-order valence-corrected chi connectivity index (χ1v) is 20.5. The summed E-state index contributed by atoms with van der Waals surface area (Å²) in [7, 11) is -0.697. The van der Waals surface area contributed by atoms with Gasteiger partial charge in [0.15, 0.2) is 0 Å². The second kappa shape index (κ2) is 32.4. The zero-order valence-electron chi connectivity index (χ0n) is 28.2. The van der Waals surface area contributed by atoms with Gasteiger partial charge < -0.3 is 5.11 Å². The Morgan fingerprint density at radius 1 is 0.436 bits per heavy atom. The van der Waals surface area contributed by atoms with Gasteiger partial charge in [0.1, 0.15) is 0 Å². The van der Waals surface area contributed by atoms with Crippen LogP contribution in [0.15, 0.2) is 0 Å². The first kappa shape index (κ1) is 41.0. The molecule has 0 radical (unpaired) electrons. The van der Waals surface area contributed by atoms with Crippen LogP contribution in [0.25, 0.3) is 0 Å². The molecule has 0 aromatic carbocycles. The van der Waals surface area contributed by atoms with Crippen LogP contribution in [0.3, 0.4) is 0 Å². The maximum Gasteiger partial charge on any atom is 0.305 e. The van der Waals surface area contributed by atoms with Crippen LogP contribution < -0.4 is 0 Å². The molecule has 3 heteroatoms. The summed E-state index contributed by atoms with van der Waals surface area (Å²) in [6, 6.07) is 0. The SMILES string of the molecule is CC(C)C(=O)O.CCCCCCCCCCCCCC[P+](CCCCCC)(CCCCCC)CCCCCC. The Balaban J connectivity index is 0. The Bertz CT molecular complexity index is 445.